The summed E-state index contributed by atoms with van der Waals surface area (Å²) in [5.41, 5.74) is 0. The molecule has 0 spiro atoms. The third-order valence-electron chi connectivity index (χ3n) is 12.2. The number of hydrogen-bond donors (Lipinski definition) is 0. The first-order chi connectivity index (χ1) is 30.6. The maximum Gasteiger partial charge on any atom is 0.306 e. The van der Waals surface area contributed by atoms with Gasteiger partial charge in [-0.3, -0.25) is 9.59 Å². The minimum absolute atomic E-state index is 0.0719. The zero-order valence-electron chi connectivity index (χ0n) is 41.9. The first-order valence-electron chi connectivity index (χ1n) is 27.5. The summed E-state index contributed by atoms with van der Waals surface area (Å²) in [6, 6.07) is 0. The summed E-state index contributed by atoms with van der Waals surface area (Å²) < 4.78 is 17.4. The van der Waals surface area contributed by atoms with E-state index < -0.39 is 6.10 Å². The molecule has 5 nitrogen and oxygen atoms in total. The summed E-state index contributed by atoms with van der Waals surface area (Å²) in [4.78, 5) is 25.4. The molecule has 1 atom stereocenters. The topological polar surface area (TPSA) is 61.8 Å². The van der Waals surface area contributed by atoms with Gasteiger partial charge >= 0.3 is 11.9 Å². The summed E-state index contributed by atoms with van der Waals surface area (Å²) in [6.07, 6.45) is 64.5. The van der Waals surface area contributed by atoms with Crippen molar-refractivity contribution >= 4 is 11.9 Å². The fourth-order valence-electron chi connectivity index (χ4n) is 8.06. The van der Waals surface area contributed by atoms with Crippen LogP contribution >= 0.6 is 0 Å². The normalized spacial score (nSPS) is 12.4. The predicted octanol–water partition coefficient (Wildman–Crippen LogP) is 18.6. The van der Waals surface area contributed by atoms with Crippen LogP contribution in [0.2, 0.25) is 0 Å². The minimum Gasteiger partial charge on any atom is -0.462 e. The standard InChI is InChI=1S/C57H106O5/c1-4-7-10-13-16-19-22-25-27-29-30-33-36-39-42-45-48-51-57(59)62-55(54-61-56(58)50-47-44-41-38-35-32-24-21-18-15-12-9-6-3)53-60-52-49-46-43-40-37-34-31-28-26-23-20-17-14-11-8-5-2/h25,27,30,33,39,42,55H,4-24,26,28-29,31-32,34-38,40-41,43-54H2,1-3H3/b27-25-,33-30-,42-39-/t55-/m1/s1. The summed E-state index contributed by atoms with van der Waals surface area (Å²) in [6.45, 7) is 7.82. The van der Waals surface area contributed by atoms with Crippen LogP contribution in [0.3, 0.4) is 0 Å². The van der Waals surface area contributed by atoms with Gasteiger partial charge in [-0.05, 0) is 51.4 Å². The molecule has 0 aliphatic heterocycles. The molecule has 0 saturated heterocycles. The number of allylic oxidation sites excluding steroid dienone is 6. The SMILES string of the molecule is CCCCCCCC/C=C\C/C=C\C/C=C\CCCC(=O)O[C@H](COCCCCCCCCCCCCCCCCCC)COC(=O)CCCCCCCCCCCCCCC. The fourth-order valence-corrected chi connectivity index (χ4v) is 8.06. The molecule has 364 valence electrons. The van der Waals surface area contributed by atoms with Crippen LogP contribution < -0.4 is 0 Å². The van der Waals surface area contributed by atoms with Gasteiger partial charge in [0.1, 0.15) is 6.61 Å². The van der Waals surface area contributed by atoms with E-state index in [1.807, 2.05) is 0 Å². The van der Waals surface area contributed by atoms with Gasteiger partial charge in [0, 0.05) is 19.4 Å². The Labute approximate surface area is 387 Å². The first-order valence-corrected chi connectivity index (χ1v) is 27.5. The van der Waals surface area contributed by atoms with Crippen LogP contribution in [0.5, 0.6) is 0 Å². The monoisotopic (exact) mass is 871 g/mol. The highest BCUT2D eigenvalue weighted by molar-refractivity contribution is 5.70. The zero-order chi connectivity index (χ0) is 44.9. The molecule has 0 aliphatic carbocycles. The lowest BCUT2D eigenvalue weighted by atomic mass is 10.0. The number of rotatable bonds is 51. The highest BCUT2D eigenvalue weighted by Crippen LogP contribution is 2.16. The Hall–Kier alpha value is -1.88. The average molecular weight is 871 g/mol. The van der Waals surface area contributed by atoms with E-state index in [-0.39, 0.29) is 25.2 Å². The van der Waals surface area contributed by atoms with E-state index in [2.05, 4.69) is 57.2 Å². The van der Waals surface area contributed by atoms with Gasteiger partial charge in [-0.25, -0.2) is 0 Å². The molecule has 0 amide bonds. The van der Waals surface area contributed by atoms with Crippen molar-refractivity contribution in [1.82, 2.24) is 0 Å². The molecule has 0 aromatic rings. The second-order valence-corrected chi connectivity index (χ2v) is 18.5. The quantitative estimate of drug-likeness (QED) is 0.0346. The van der Waals surface area contributed by atoms with Gasteiger partial charge in [-0.2, -0.15) is 0 Å². The molecule has 0 radical (unpaired) electrons. The minimum atomic E-state index is -0.556. The summed E-state index contributed by atoms with van der Waals surface area (Å²) in [5, 5.41) is 0. The molecule has 0 aromatic carbocycles. The number of hydrogen-bond acceptors (Lipinski definition) is 5. The first kappa shape index (κ1) is 60.1. The Morgan fingerprint density at radius 2 is 0.694 bits per heavy atom. The van der Waals surface area contributed by atoms with Crippen molar-refractivity contribution in [2.75, 3.05) is 19.8 Å². The molecule has 0 fully saturated rings. The average Bonchev–Trinajstić information content (AvgIpc) is 3.27. The number of carbonyl (C=O) groups excluding carboxylic acids is 2. The lowest BCUT2D eigenvalue weighted by Gasteiger charge is -2.18. The molecule has 5 heteroatoms. The molecule has 62 heavy (non-hydrogen) atoms. The maximum absolute atomic E-state index is 12.8. The van der Waals surface area contributed by atoms with Gasteiger partial charge in [-0.15, -0.1) is 0 Å². The summed E-state index contributed by atoms with van der Waals surface area (Å²) in [5.74, 6) is -0.440. The van der Waals surface area contributed by atoms with Gasteiger partial charge in [0.2, 0.25) is 0 Å². The number of esters is 2. The van der Waals surface area contributed by atoms with Crippen molar-refractivity contribution < 1.29 is 23.8 Å². The molecular formula is C57H106O5. The molecule has 0 rings (SSSR count). The van der Waals surface area contributed by atoms with Crippen LogP contribution in [0.15, 0.2) is 36.5 Å². The lowest BCUT2D eigenvalue weighted by molar-refractivity contribution is -0.162. The van der Waals surface area contributed by atoms with Crippen molar-refractivity contribution in [3.8, 4) is 0 Å². The van der Waals surface area contributed by atoms with E-state index in [9.17, 15) is 9.59 Å². The molecule has 0 bridgehead atoms. The maximum atomic E-state index is 12.8. The van der Waals surface area contributed by atoms with Crippen molar-refractivity contribution in [1.29, 1.82) is 0 Å². The molecular weight excluding hydrogens is 765 g/mol. The summed E-state index contributed by atoms with van der Waals surface area (Å²) in [7, 11) is 0. The van der Waals surface area contributed by atoms with E-state index in [1.54, 1.807) is 0 Å². The fraction of sp³-hybridized carbons (Fsp3) is 0.860. The van der Waals surface area contributed by atoms with Gasteiger partial charge < -0.3 is 14.2 Å². The van der Waals surface area contributed by atoms with Crippen LogP contribution in [0.25, 0.3) is 0 Å². The van der Waals surface area contributed by atoms with Crippen LogP contribution in [0.4, 0.5) is 0 Å². The van der Waals surface area contributed by atoms with Crippen molar-refractivity contribution in [2.45, 2.75) is 297 Å². The Morgan fingerprint density at radius 3 is 1.13 bits per heavy atom. The molecule has 0 heterocycles. The van der Waals surface area contributed by atoms with Gasteiger partial charge in [0.15, 0.2) is 6.10 Å². The molecule has 0 unspecified atom stereocenters. The predicted molar refractivity (Wildman–Crippen MR) is 270 cm³/mol. The number of unbranched alkanes of at least 4 members (excludes halogenated alkanes) is 34. The van der Waals surface area contributed by atoms with Crippen LogP contribution in [0.1, 0.15) is 290 Å². The van der Waals surface area contributed by atoms with Crippen LogP contribution in [-0.4, -0.2) is 37.9 Å². The second kappa shape index (κ2) is 53.5. The Balaban J connectivity index is 4.30. The largest absolute Gasteiger partial charge is 0.462 e. The highest BCUT2D eigenvalue weighted by Gasteiger charge is 2.17. The Morgan fingerprint density at radius 1 is 0.355 bits per heavy atom. The Kier molecular flexibility index (Phi) is 51.8. The highest BCUT2D eigenvalue weighted by atomic mass is 16.6. The Bertz CT molecular complexity index is 986. The second-order valence-electron chi connectivity index (χ2n) is 18.5. The molecule has 0 saturated carbocycles. The van der Waals surface area contributed by atoms with Crippen LogP contribution in [0, 0.1) is 0 Å². The third-order valence-corrected chi connectivity index (χ3v) is 12.2. The molecule has 0 N–H and O–H groups in total. The van der Waals surface area contributed by atoms with Crippen molar-refractivity contribution in [2.24, 2.45) is 0 Å². The van der Waals surface area contributed by atoms with Crippen molar-refractivity contribution in [3.63, 3.8) is 0 Å². The van der Waals surface area contributed by atoms with E-state index >= 15 is 0 Å². The van der Waals surface area contributed by atoms with E-state index in [0.717, 1.165) is 51.4 Å². The zero-order valence-corrected chi connectivity index (χ0v) is 41.9. The third kappa shape index (κ3) is 50.8. The van der Waals surface area contributed by atoms with E-state index in [0.29, 0.717) is 19.4 Å². The van der Waals surface area contributed by atoms with Crippen LogP contribution in [-0.2, 0) is 23.8 Å². The van der Waals surface area contributed by atoms with Gasteiger partial charge in [0.05, 0.1) is 6.61 Å². The number of ether oxygens (including phenoxy) is 3. The molecule has 0 aliphatic rings. The number of carbonyl (C=O) groups is 2. The smallest absolute Gasteiger partial charge is 0.306 e. The van der Waals surface area contributed by atoms with Crippen molar-refractivity contribution in [3.05, 3.63) is 36.5 Å². The lowest BCUT2D eigenvalue weighted by Crippen LogP contribution is -2.30. The summed E-state index contributed by atoms with van der Waals surface area (Å²) >= 11 is 0. The van der Waals surface area contributed by atoms with Gasteiger partial charge in [0.25, 0.3) is 0 Å². The van der Waals surface area contributed by atoms with E-state index in [4.69, 9.17) is 14.2 Å². The van der Waals surface area contributed by atoms with Gasteiger partial charge in [-0.1, -0.05) is 263 Å². The molecule has 0 aromatic heterocycles. The van der Waals surface area contributed by atoms with E-state index in [1.165, 1.54) is 205 Å².